The van der Waals surface area contributed by atoms with Gasteiger partial charge in [0.15, 0.2) is 5.54 Å². The first-order chi connectivity index (χ1) is 7.89. The molecule has 0 radical (unpaired) electrons. The normalized spacial score (nSPS) is 15.3. The van der Waals surface area contributed by atoms with Gasteiger partial charge in [0.1, 0.15) is 0 Å². The summed E-state index contributed by atoms with van der Waals surface area (Å²) in [7, 11) is 0. The van der Waals surface area contributed by atoms with E-state index < -0.39 is 30.1 Å². The highest BCUT2D eigenvalue weighted by atomic mass is 19.4. The molecule has 106 valence electrons. The Morgan fingerprint density at radius 3 is 2.00 bits per heavy atom. The minimum absolute atomic E-state index is 0.0232. The molecule has 0 aliphatic carbocycles. The number of carbonyl (C=O) groups excluding carboxylic acids is 2. The number of hydrogen-bond acceptors (Lipinski definition) is 3. The first-order valence-corrected chi connectivity index (χ1v) is 5.33. The minimum Gasteiger partial charge on any atom is -0.368 e. The first-order valence-electron chi connectivity index (χ1n) is 5.33. The third-order valence-electron chi connectivity index (χ3n) is 2.25. The van der Waals surface area contributed by atoms with E-state index in [1.807, 2.05) is 0 Å². The summed E-state index contributed by atoms with van der Waals surface area (Å²) in [4.78, 5) is 23.3. The molecular formula is C10H18F3N3O2. The molecule has 0 fully saturated rings. The molecule has 0 aromatic heterocycles. The molecule has 1 unspecified atom stereocenters. The van der Waals surface area contributed by atoms with Crippen LogP contribution in [0.15, 0.2) is 0 Å². The van der Waals surface area contributed by atoms with E-state index in [2.05, 4.69) is 0 Å². The number of amides is 2. The third-order valence-corrected chi connectivity index (χ3v) is 2.25. The van der Waals surface area contributed by atoms with E-state index >= 15 is 0 Å². The Labute approximate surface area is 103 Å². The SMILES string of the molecule is CC(C)CN(CC(N)=O)C(=O)C(C)(N)C(F)(F)F. The van der Waals surface area contributed by atoms with Crippen molar-refractivity contribution in [3.05, 3.63) is 0 Å². The van der Waals surface area contributed by atoms with E-state index in [-0.39, 0.29) is 12.5 Å². The lowest BCUT2D eigenvalue weighted by Gasteiger charge is -2.33. The van der Waals surface area contributed by atoms with Crippen molar-refractivity contribution in [1.82, 2.24) is 4.90 Å². The van der Waals surface area contributed by atoms with Gasteiger partial charge in [0.05, 0.1) is 6.54 Å². The molecule has 0 rings (SSSR count). The van der Waals surface area contributed by atoms with Crippen molar-refractivity contribution in [2.24, 2.45) is 17.4 Å². The molecule has 0 aromatic rings. The molecule has 8 heteroatoms. The minimum atomic E-state index is -4.89. The van der Waals surface area contributed by atoms with E-state index in [0.717, 1.165) is 4.90 Å². The van der Waals surface area contributed by atoms with Crippen LogP contribution in [0.5, 0.6) is 0 Å². The average molecular weight is 269 g/mol. The van der Waals surface area contributed by atoms with Crippen LogP contribution in [-0.4, -0.2) is 41.5 Å². The van der Waals surface area contributed by atoms with Crippen LogP contribution in [0.3, 0.4) is 0 Å². The Bertz CT molecular complexity index is 327. The van der Waals surface area contributed by atoms with Crippen molar-refractivity contribution < 1.29 is 22.8 Å². The van der Waals surface area contributed by atoms with Gasteiger partial charge < -0.3 is 16.4 Å². The Morgan fingerprint density at radius 1 is 1.28 bits per heavy atom. The lowest BCUT2D eigenvalue weighted by Crippen LogP contribution is -2.63. The molecular weight excluding hydrogens is 251 g/mol. The second-order valence-corrected chi connectivity index (χ2v) is 4.75. The van der Waals surface area contributed by atoms with Crippen LogP contribution in [0.4, 0.5) is 13.2 Å². The van der Waals surface area contributed by atoms with Gasteiger partial charge in [-0.2, -0.15) is 13.2 Å². The molecule has 0 spiro atoms. The summed E-state index contributed by atoms with van der Waals surface area (Å²) in [6.45, 7) is 3.36. The molecule has 0 aliphatic heterocycles. The number of nitrogens with two attached hydrogens (primary N) is 2. The van der Waals surface area contributed by atoms with Crippen molar-refractivity contribution in [3.63, 3.8) is 0 Å². The van der Waals surface area contributed by atoms with E-state index in [0.29, 0.717) is 6.92 Å². The number of rotatable bonds is 5. The van der Waals surface area contributed by atoms with Gasteiger partial charge in [-0.3, -0.25) is 9.59 Å². The summed E-state index contributed by atoms with van der Waals surface area (Å²) in [5.74, 6) is -2.36. The van der Waals surface area contributed by atoms with Crippen molar-refractivity contribution in [2.75, 3.05) is 13.1 Å². The van der Waals surface area contributed by atoms with Gasteiger partial charge in [-0.1, -0.05) is 13.8 Å². The van der Waals surface area contributed by atoms with Gasteiger partial charge in [-0.15, -0.1) is 0 Å². The van der Waals surface area contributed by atoms with E-state index in [9.17, 15) is 22.8 Å². The van der Waals surface area contributed by atoms with Gasteiger partial charge in [0.2, 0.25) is 5.91 Å². The zero-order chi connectivity index (χ0) is 14.7. The predicted octanol–water partition coefficient (Wildman–Crippen LogP) is 0.236. The van der Waals surface area contributed by atoms with Crippen molar-refractivity contribution in [3.8, 4) is 0 Å². The Hall–Kier alpha value is -1.31. The fourth-order valence-corrected chi connectivity index (χ4v) is 1.30. The van der Waals surface area contributed by atoms with Crippen LogP contribution in [0.2, 0.25) is 0 Å². The summed E-state index contributed by atoms with van der Waals surface area (Å²) < 4.78 is 37.9. The Morgan fingerprint density at radius 2 is 1.72 bits per heavy atom. The molecule has 0 aliphatic rings. The molecule has 0 heterocycles. The molecule has 4 N–H and O–H groups in total. The average Bonchev–Trinajstić information content (AvgIpc) is 2.12. The number of hydrogen-bond donors (Lipinski definition) is 2. The van der Waals surface area contributed by atoms with Gasteiger partial charge >= 0.3 is 6.18 Å². The van der Waals surface area contributed by atoms with Gasteiger partial charge in [0.25, 0.3) is 5.91 Å². The summed E-state index contributed by atoms with van der Waals surface area (Å²) in [6, 6.07) is 0. The number of primary amides is 1. The molecule has 0 bridgehead atoms. The molecule has 18 heavy (non-hydrogen) atoms. The second-order valence-electron chi connectivity index (χ2n) is 4.75. The first kappa shape index (κ1) is 16.7. The summed E-state index contributed by atoms with van der Waals surface area (Å²) in [5.41, 5.74) is 6.90. The lowest BCUT2D eigenvalue weighted by molar-refractivity contribution is -0.194. The molecule has 2 amide bonds. The molecule has 1 atom stereocenters. The zero-order valence-electron chi connectivity index (χ0n) is 10.5. The largest absolute Gasteiger partial charge is 0.415 e. The highest BCUT2D eigenvalue weighted by molar-refractivity contribution is 5.90. The van der Waals surface area contributed by atoms with Crippen LogP contribution >= 0.6 is 0 Å². The molecule has 0 saturated heterocycles. The maximum absolute atomic E-state index is 12.6. The number of nitrogens with zero attached hydrogens (tertiary/aromatic N) is 1. The van der Waals surface area contributed by atoms with Crippen LogP contribution in [0.25, 0.3) is 0 Å². The van der Waals surface area contributed by atoms with Gasteiger partial charge in [-0.05, 0) is 12.8 Å². The predicted molar refractivity (Wildman–Crippen MR) is 59.3 cm³/mol. The smallest absolute Gasteiger partial charge is 0.368 e. The Kier molecular flexibility index (Phi) is 5.15. The standard InChI is InChI=1S/C10H18F3N3O2/c1-6(2)4-16(5-7(14)17)8(18)9(3,15)10(11,12)13/h6H,4-5,15H2,1-3H3,(H2,14,17). The van der Waals surface area contributed by atoms with Crippen molar-refractivity contribution in [1.29, 1.82) is 0 Å². The monoisotopic (exact) mass is 269 g/mol. The second kappa shape index (κ2) is 5.55. The topological polar surface area (TPSA) is 89.4 Å². The van der Waals surface area contributed by atoms with Crippen molar-refractivity contribution in [2.45, 2.75) is 32.5 Å². The number of halogens is 3. The summed E-state index contributed by atoms with van der Waals surface area (Å²) >= 11 is 0. The van der Waals surface area contributed by atoms with Crippen LogP contribution in [0.1, 0.15) is 20.8 Å². The molecule has 0 saturated carbocycles. The zero-order valence-corrected chi connectivity index (χ0v) is 10.5. The highest BCUT2D eigenvalue weighted by Gasteiger charge is 2.55. The van der Waals surface area contributed by atoms with E-state index in [4.69, 9.17) is 11.5 Å². The van der Waals surface area contributed by atoms with Crippen molar-refractivity contribution >= 4 is 11.8 Å². The highest BCUT2D eigenvalue weighted by Crippen LogP contribution is 2.29. The fraction of sp³-hybridized carbons (Fsp3) is 0.800. The van der Waals surface area contributed by atoms with Crippen LogP contribution in [-0.2, 0) is 9.59 Å². The maximum Gasteiger partial charge on any atom is 0.415 e. The number of alkyl halides is 3. The summed E-state index contributed by atoms with van der Waals surface area (Å²) in [5, 5.41) is 0. The van der Waals surface area contributed by atoms with Crippen LogP contribution < -0.4 is 11.5 Å². The van der Waals surface area contributed by atoms with Crippen LogP contribution in [0, 0.1) is 5.92 Å². The third kappa shape index (κ3) is 4.17. The van der Waals surface area contributed by atoms with E-state index in [1.165, 1.54) is 0 Å². The molecule has 5 nitrogen and oxygen atoms in total. The molecule has 0 aromatic carbocycles. The quantitative estimate of drug-likeness (QED) is 0.749. The number of carbonyl (C=O) groups is 2. The Balaban J connectivity index is 5.12. The van der Waals surface area contributed by atoms with Gasteiger partial charge in [0, 0.05) is 6.54 Å². The lowest BCUT2D eigenvalue weighted by atomic mass is 10.0. The maximum atomic E-state index is 12.6. The fourth-order valence-electron chi connectivity index (χ4n) is 1.30. The summed E-state index contributed by atoms with van der Waals surface area (Å²) in [6.07, 6.45) is -4.89. The van der Waals surface area contributed by atoms with E-state index in [1.54, 1.807) is 13.8 Å². The van der Waals surface area contributed by atoms with Gasteiger partial charge in [-0.25, -0.2) is 0 Å².